The lowest BCUT2D eigenvalue weighted by Gasteiger charge is -2.13. The van der Waals surface area contributed by atoms with Gasteiger partial charge >= 0.3 is 0 Å². The van der Waals surface area contributed by atoms with Crippen molar-refractivity contribution in [2.75, 3.05) is 0 Å². The second kappa shape index (κ2) is 9.31. The van der Waals surface area contributed by atoms with Crippen molar-refractivity contribution < 1.29 is 19.7 Å². The monoisotopic (exact) mass is 560 g/mol. The molecule has 0 fully saturated rings. The van der Waals surface area contributed by atoms with Crippen LogP contribution in [-0.2, 0) is 12.8 Å². The first-order valence-corrected chi connectivity index (χ1v) is 11.4. The van der Waals surface area contributed by atoms with Crippen LogP contribution in [0.3, 0.4) is 0 Å². The SMILES string of the molecule is [C-]#[N+]C(C#N)=c1c2c(c(=C(C#N)[N+]#[C-])c3c1Cc1c-3cc([N+](=O)[O-])cc1[N+](=O)[O-])-c1cc([N+](=O)[O-])cc([N+](=O)[O-])c1C2. The molecule has 0 atom stereocenters. The molecular formula is C26H8N8O8. The van der Waals surface area contributed by atoms with E-state index in [-0.39, 0.29) is 67.8 Å². The summed E-state index contributed by atoms with van der Waals surface area (Å²) in [7, 11) is 0. The standard InChI is InChI=1S/C26H8N8O8/c1-29-19(9-27)23-17-7-13-15(3-11(31(35)36)5-21(13)33(39)40)24(17)26(20(10-28)30-2)25-16-4-12(32(37)38)6-22(34(41)42)14(16)8-18(23)25/h3-6H,7-8H2. The van der Waals surface area contributed by atoms with Gasteiger partial charge in [0, 0.05) is 41.3 Å². The summed E-state index contributed by atoms with van der Waals surface area (Å²) in [5, 5.41) is 66.8. The molecule has 0 radical (unpaired) electrons. The van der Waals surface area contributed by atoms with Gasteiger partial charge in [-0.05, 0) is 38.6 Å². The third kappa shape index (κ3) is 3.58. The third-order valence-corrected chi connectivity index (χ3v) is 7.10. The van der Waals surface area contributed by atoms with E-state index < -0.39 is 53.8 Å². The number of nitro groups is 4. The number of nitrogens with zero attached hydrogens (tertiary/aromatic N) is 8. The Labute approximate surface area is 232 Å². The topological polar surface area (TPSA) is 229 Å². The van der Waals surface area contributed by atoms with Crippen LogP contribution >= 0.6 is 0 Å². The Morgan fingerprint density at radius 1 is 0.643 bits per heavy atom. The molecule has 42 heavy (non-hydrogen) atoms. The lowest BCUT2D eigenvalue weighted by Crippen LogP contribution is -2.25. The Morgan fingerprint density at radius 2 is 1.02 bits per heavy atom. The molecule has 5 rings (SSSR count). The molecule has 2 aliphatic carbocycles. The van der Waals surface area contributed by atoms with Gasteiger partial charge in [-0.25, -0.2) is 20.2 Å². The molecule has 0 heterocycles. The number of nitro benzene ring substituents is 4. The minimum atomic E-state index is -0.878. The van der Waals surface area contributed by atoms with Gasteiger partial charge in [0.1, 0.15) is 0 Å². The molecule has 0 saturated heterocycles. The summed E-state index contributed by atoms with van der Waals surface area (Å²) in [6, 6.07) is 6.94. The van der Waals surface area contributed by atoms with Crippen LogP contribution in [-0.4, -0.2) is 19.7 Å². The van der Waals surface area contributed by atoms with E-state index in [2.05, 4.69) is 9.69 Å². The minimum Gasteiger partial charge on any atom is -0.258 e. The summed E-state index contributed by atoms with van der Waals surface area (Å²) in [5.41, 5.74) is -4.14. The minimum absolute atomic E-state index is 0.0402. The normalized spacial score (nSPS) is 11.3. The first kappa shape index (κ1) is 26.6. The summed E-state index contributed by atoms with van der Waals surface area (Å²) in [5.74, 6) is 0. The van der Waals surface area contributed by atoms with Crippen LogP contribution in [0.4, 0.5) is 22.7 Å². The maximum Gasteiger partial charge on any atom is 0.280 e. The third-order valence-electron chi connectivity index (χ3n) is 7.10. The van der Waals surface area contributed by atoms with Crippen LogP contribution in [0.1, 0.15) is 22.3 Å². The highest BCUT2D eigenvalue weighted by Gasteiger charge is 2.39. The number of benzene rings is 3. The van der Waals surface area contributed by atoms with E-state index in [1.54, 1.807) is 12.1 Å². The fraction of sp³-hybridized carbons (Fsp3) is 0.0769. The number of nitriles is 2. The van der Waals surface area contributed by atoms with E-state index in [0.717, 1.165) is 24.3 Å². The summed E-state index contributed by atoms with van der Waals surface area (Å²) in [6.45, 7) is 15.3. The van der Waals surface area contributed by atoms with E-state index in [4.69, 9.17) is 13.1 Å². The molecule has 0 saturated carbocycles. The Balaban J connectivity index is 2.17. The van der Waals surface area contributed by atoms with E-state index in [1.165, 1.54) is 0 Å². The lowest BCUT2D eigenvalue weighted by atomic mass is 9.90. The van der Waals surface area contributed by atoms with Crippen LogP contribution in [0.15, 0.2) is 24.3 Å². The first-order chi connectivity index (χ1) is 20.0. The zero-order valence-corrected chi connectivity index (χ0v) is 20.6. The van der Waals surface area contributed by atoms with Crippen molar-refractivity contribution in [1.29, 1.82) is 10.5 Å². The fourth-order valence-corrected chi connectivity index (χ4v) is 5.59. The van der Waals surface area contributed by atoms with Gasteiger partial charge < -0.3 is 0 Å². The smallest absolute Gasteiger partial charge is 0.258 e. The van der Waals surface area contributed by atoms with E-state index >= 15 is 0 Å². The molecule has 3 aromatic rings. The molecule has 0 unspecified atom stereocenters. The van der Waals surface area contributed by atoms with Crippen molar-refractivity contribution in [3.63, 3.8) is 0 Å². The first-order valence-electron chi connectivity index (χ1n) is 11.4. The molecular weight excluding hydrogens is 552 g/mol. The van der Waals surface area contributed by atoms with Gasteiger partial charge in [0.05, 0.1) is 57.1 Å². The molecule has 3 aromatic carbocycles. The van der Waals surface area contributed by atoms with Gasteiger partial charge in [0.2, 0.25) is 0 Å². The van der Waals surface area contributed by atoms with Crippen molar-refractivity contribution in [3.05, 3.63) is 120 Å². The number of fused-ring (bicyclic) bond motifs is 6. The molecule has 0 aliphatic heterocycles. The highest BCUT2D eigenvalue weighted by Crippen LogP contribution is 2.47. The van der Waals surface area contributed by atoms with Gasteiger partial charge in [-0.3, -0.25) is 40.5 Å². The zero-order chi connectivity index (χ0) is 30.6. The Hall–Kier alpha value is -7.04. The van der Waals surface area contributed by atoms with Crippen molar-refractivity contribution in [1.82, 2.24) is 0 Å². The van der Waals surface area contributed by atoms with Crippen molar-refractivity contribution >= 4 is 34.1 Å². The zero-order valence-electron chi connectivity index (χ0n) is 20.6. The Bertz CT molecular complexity index is 2060. The molecule has 0 N–H and O–H groups in total. The molecule has 0 amide bonds. The Kier molecular flexibility index (Phi) is 5.89. The van der Waals surface area contributed by atoms with E-state index in [0.29, 0.717) is 0 Å². The summed E-state index contributed by atoms with van der Waals surface area (Å²) in [6.07, 6.45) is -0.658. The van der Waals surface area contributed by atoms with Crippen molar-refractivity contribution in [2.45, 2.75) is 12.8 Å². The summed E-state index contributed by atoms with van der Waals surface area (Å²) in [4.78, 5) is 50.4. The van der Waals surface area contributed by atoms with Gasteiger partial charge in [-0.15, -0.1) is 0 Å². The average molecular weight is 560 g/mol. The molecule has 16 nitrogen and oxygen atoms in total. The molecule has 16 heteroatoms. The van der Waals surface area contributed by atoms with Crippen LogP contribution in [0.25, 0.3) is 43.3 Å². The highest BCUT2D eigenvalue weighted by molar-refractivity contribution is 5.95. The maximum absolute atomic E-state index is 12.0. The van der Waals surface area contributed by atoms with E-state index in [1.807, 2.05) is 0 Å². The lowest BCUT2D eigenvalue weighted by molar-refractivity contribution is -0.394. The fourth-order valence-electron chi connectivity index (χ4n) is 5.59. The number of rotatable bonds is 4. The predicted octanol–water partition coefficient (Wildman–Crippen LogP) is 3.56. The van der Waals surface area contributed by atoms with Gasteiger partial charge in [0.15, 0.2) is 0 Å². The molecule has 0 bridgehead atoms. The van der Waals surface area contributed by atoms with Gasteiger partial charge in [0.25, 0.3) is 34.1 Å². The van der Waals surface area contributed by atoms with Gasteiger partial charge in [-0.2, -0.15) is 0 Å². The van der Waals surface area contributed by atoms with Crippen molar-refractivity contribution in [3.8, 4) is 34.4 Å². The second-order valence-corrected chi connectivity index (χ2v) is 8.97. The van der Waals surface area contributed by atoms with Crippen LogP contribution in [0, 0.1) is 76.3 Å². The molecule has 2 aliphatic rings. The van der Waals surface area contributed by atoms with Crippen LogP contribution in [0.5, 0.6) is 0 Å². The predicted molar refractivity (Wildman–Crippen MR) is 140 cm³/mol. The maximum atomic E-state index is 12.0. The van der Waals surface area contributed by atoms with E-state index in [9.17, 15) is 51.0 Å². The largest absolute Gasteiger partial charge is 0.280 e. The quantitative estimate of drug-likeness (QED) is 0.176. The molecule has 0 aromatic heterocycles. The van der Waals surface area contributed by atoms with Crippen LogP contribution < -0.4 is 10.4 Å². The highest BCUT2D eigenvalue weighted by atomic mass is 16.6. The molecule has 200 valence electrons. The molecule has 0 spiro atoms. The Morgan fingerprint density at radius 3 is 1.33 bits per heavy atom. The van der Waals surface area contributed by atoms with Gasteiger partial charge in [-0.1, -0.05) is 0 Å². The number of hydrogen-bond acceptors (Lipinski definition) is 10. The second-order valence-electron chi connectivity index (χ2n) is 8.97. The summed E-state index contributed by atoms with van der Waals surface area (Å²) < 4.78 is 0. The van der Waals surface area contributed by atoms with Crippen molar-refractivity contribution in [2.24, 2.45) is 0 Å². The number of non-ortho nitro benzene ring substituents is 2. The average Bonchev–Trinajstić information content (AvgIpc) is 3.52. The number of hydrogen-bond donors (Lipinski definition) is 0. The van der Waals surface area contributed by atoms with Crippen LogP contribution in [0.2, 0.25) is 0 Å². The summed E-state index contributed by atoms with van der Waals surface area (Å²) >= 11 is 0.